The molecule has 0 unspecified atom stereocenters. The molecule has 1 aliphatic carbocycles. The van der Waals surface area contributed by atoms with E-state index in [4.69, 9.17) is 84.1 Å². The third kappa shape index (κ3) is 27.6. The molecule has 1 saturated carbocycles. The predicted octanol–water partition coefficient (Wildman–Crippen LogP) is 8.63. The van der Waals surface area contributed by atoms with E-state index in [0.717, 1.165) is 72.5 Å². The number of unbranched alkanes of at least 4 members (excludes halogenated alkanes) is 1. The number of methoxy groups -OCH3 is 3. The number of oxazole rings is 1. The summed E-state index contributed by atoms with van der Waals surface area (Å²) in [5.41, 5.74) is 27.2. The molecular formula is C95H133N17O19. The highest BCUT2D eigenvalue weighted by Crippen LogP contribution is 2.39. The number of piperazine rings is 1. The summed E-state index contributed by atoms with van der Waals surface area (Å²) in [5.74, 6) is -7.49. The van der Waals surface area contributed by atoms with Gasteiger partial charge in [-0.25, -0.2) is 34.1 Å². The number of piperidine rings is 1. The molecule has 4 aliphatic heterocycles. The first kappa shape index (κ1) is 99.9. The Morgan fingerprint density at radius 1 is 0.748 bits per heavy atom. The Balaban J connectivity index is 0.540. The number of rotatable bonds is 34. The molecule has 0 spiro atoms. The second-order valence-corrected chi connectivity index (χ2v) is 35.3. The van der Waals surface area contributed by atoms with Crippen molar-refractivity contribution >= 4 is 75.0 Å². The van der Waals surface area contributed by atoms with E-state index >= 15 is 0 Å². The molecule has 12 rings (SSSR count). The molecule has 2 bridgehead atoms. The van der Waals surface area contributed by atoms with Gasteiger partial charge in [-0.2, -0.15) is 10.1 Å². The first-order valence-electron chi connectivity index (χ1n) is 46.1. The van der Waals surface area contributed by atoms with Crippen LogP contribution in [0.15, 0.2) is 119 Å². The van der Waals surface area contributed by atoms with Crippen molar-refractivity contribution in [2.24, 2.45) is 35.3 Å². The van der Waals surface area contributed by atoms with Gasteiger partial charge >= 0.3 is 5.97 Å². The highest BCUT2D eigenvalue weighted by Gasteiger charge is 2.53. The number of carbonyl (C=O) groups is 6. The van der Waals surface area contributed by atoms with E-state index in [2.05, 4.69) is 46.4 Å². The molecule has 4 fully saturated rings. The summed E-state index contributed by atoms with van der Waals surface area (Å²) in [6.45, 7) is 19.5. The number of benzene rings is 2. The fourth-order valence-electron chi connectivity index (χ4n) is 17.9. The summed E-state index contributed by atoms with van der Waals surface area (Å²) in [4.78, 5) is 113. The number of fused-ring (bicyclic) bond motifs is 5. The zero-order valence-electron chi connectivity index (χ0n) is 77.1. The standard InChI is InChI=1S/C95H133N17O19/c1-60-18-11-10-12-19-61(2)79(121-7)52-72-26-23-65(6)95(120,131-72)88(117)91(118)111-31-15-13-22-75(111)92(119)129-80(53-76(113)62(3)47-64(5)86(116)87(123-9)85(115)63(4)46-60)73(96)49-66-24-27-78(81(50-66)122-8)128-58-67-20-17-21-68(48-67)70-54-100-94(101-55-70)109-35-33-108(34-36-109)56-71-57-110(107-105-71)37-39-125-41-43-127-45-44-126-42-40-124-38-29-82(114)99-30-14-16-32-112-90-83(89(97)102-59-103-90)84(106-112)69-25-28-77-74(51-69)104-93(98)130-77/h10-12,17-21,25,28,47-48,51,54-55,57,59-60,62-63,65-66,72-73,75,78-81,86-87,116,120H,13-16,22-24,26-27,29-46,49-50,52-53,56,58,96H2,1-9H3,(H2,98,104)(H,99,114)(H2,97,102,103)/b12-10?,18-11+,61-19?,64-47+/t60-,62-,63-,65-,66+,72+,73-,75+,78-,79+,80+,81-,86-,87+,95-/m1/s1. The molecule has 3 saturated heterocycles. The lowest BCUT2D eigenvalue weighted by molar-refractivity contribution is -0.265. The van der Waals surface area contributed by atoms with Crippen molar-refractivity contribution in [2.75, 3.05) is 130 Å². The second kappa shape index (κ2) is 49.1. The van der Waals surface area contributed by atoms with Crippen LogP contribution in [0.2, 0.25) is 0 Å². The summed E-state index contributed by atoms with van der Waals surface area (Å²) in [6, 6.07) is 11.5. The number of aromatic nitrogens is 10. The minimum atomic E-state index is -2.49. The zero-order chi connectivity index (χ0) is 93.1. The topological polar surface area (TPSA) is 461 Å². The first-order chi connectivity index (χ1) is 63.3. The van der Waals surface area contributed by atoms with Gasteiger partial charge in [-0.1, -0.05) is 87.6 Å². The lowest BCUT2D eigenvalue weighted by Crippen LogP contribution is -2.61. The molecule has 2 amide bonds. The summed E-state index contributed by atoms with van der Waals surface area (Å²) in [6.07, 6.45) is 19.0. The van der Waals surface area contributed by atoms with E-state index in [0.29, 0.717) is 182 Å². The van der Waals surface area contributed by atoms with E-state index in [1.165, 1.54) is 18.3 Å². The number of amides is 2. The van der Waals surface area contributed by atoms with Gasteiger partial charge in [-0.3, -0.25) is 28.9 Å². The number of Topliss-reactive ketones (excluding diaryl/α,β-unsaturated/α-hetero) is 3. The Bertz CT molecular complexity index is 5030. The Morgan fingerprint density at radius 3 is 2.25 bits per heavy atom. The number of ketones is 3. The van der Waals surface area contributed by atoms with Crippen molar-refractivity contribution in [2.45, 2.75) is 225 Å². The van der Waals surface area contributed by atoms with Gasteiger partial charge in [0.05, 0.1) is 102 Å². The van der Waals surface area contributed by atoms with Gasteiger partial charge < -0.3 is 94.3 Å². The van der Waals surface area contributed by atoms with Crippen molar-refractivity contribution in [1.82, 2.24) is 64.8 Å². The minimum Gasteiger partial charge on any atom is -0.459 e. The number of allylic oxidation sites excluding steroid dienone is 6. The average Bonchev–Trinajstić information content (AvgIpc) is 1.69. The summed E-state index contributed by atoms with van der Waals surface area (Å²) >= 11 is 0. The maximum atomic E-state index is 14.8. The smallest absolute Gasteiger partial charge is 0.329 e. The Morgan fingerprint density at radius 2 is 1.50 bits per heavy atom. The molecule has 36 heteroatoms. The highest BCUT2D eigenvalue weighted by molar-refractivity contribution is 6.39. The third-order valence-corrected chi connectivity index (χ3v) is 25.6. The number of hydrogen-bond acceptors (Lipinski definition) is 32. The van der Waals surface area contributed by atoms with Crippen LogP contribution in [0.25, 0.3) is 44.5 Å². The molecule has 5 aliphatic rings. The number of esters is 1. The molecule has 9 N–H and O–H groups in total. The molecule has 131 heavy (non-hydrogen) atoms. The minimum absolute atomic E-state index is 0.0201. The normalized spacial score (nSPS) is 26.3. The van der Waals surface area contributed by atoms with Gasteiger partial charge in [0.15, 0.2) is 17.0 Å². The maximum absolute atomic E-state index is 14.8. The molecule has 712 valence electrons. The van der Waals surface area contributed by atoms with Gasteiger partial charge in [-0.05, 0) is 149 Å². The fourth-order valence-corrected chi connectivity index (χ4v) is 17.9. The molecule has 5 aromatic heterocycles. The van der Waals surface area contributed by atoms with Crippen LogP contribution in [0.1, 0.15) is 149 Å². The predicted molar refractivity (Wildman–Crippen MR) is 489 cm³/mol. The monoisotopic (exact) mass is 1820 g/mol. The van der Waals surface area contributed by atoms with Crippen molar-refractivity contribution in [3.05, 3.63) is 126 Å². The number of aliphatic hydroxyl groups is 2. The number of nitrogens with zero attached hydrogens (tertiary/aromatic N) is 13. The van der Waals surface area contributed by atoms with Crippen LogP contribution in [-0.2, 0) is 102 Å². The zero-order valence-corrected chi connectivity index (χ0v) is 77.1. The van der Waals surface area contributed by atoms with Crippen LogP contribution in [0.4, 0.5) is 17.8 Å². The number of ether oxygens (including phenoxy) is 10. The number of anilines is 3. The highest BCUT2D eigenvalue weighted by atomic mass is 16.6. The lowest BCUT2D eigenvalue weighted by atomic mass is 9.80. The van der Waals surface area contributed by atoms with E-state index < -0.39 is 83.8 Å². The lowest BCUT2D eigenvalue weighted by Gasteiger charge is -2.42. The Labute approximate surface area is 765 Å². The van der Waals surface area contributed by atoms with E-state index in [9.17, 15) is 39.0 Å². The van der Waals surface area contributed by atoms with Gasteiger partial charge in [0.2, 0.25) is 17.6 Å². The number of cyclic esters (lactones) is 1. The number of nitrogen functional groups attached to an aromatic ring is 2. The molecular weight excluding hydrogens is 1680 g/mol. The molecule has 2 aromatic carbocycles. The molecule has 36 nitrogen and oxygen atoms in total. The average molecular weight is 1820 g/mol. The van der Waals surface area contributed by atoms with Gasteiger partial charge in [-0.15, -0.1) is 5.10 Å². The van der Waals surface area contributed by atoms with Crippen molar-refractivity contribution in [1.29, 1.82) is 0 Å². The Hall–Kier alpha value is -10.1. The van der Waals surface area contributed by atoms with Crippen LogP contribution >= 0.6 is 0 Å². The van der Waals surface area contributed by atoms with E-state index in [1.54, 1.807) is 56.5 Å². The third-order valence-electron chi connectivity index (χ3n) is 25.6. The number of nitrogens with two attached hydrogens (primary N) is 3. The summed E-state index contributed by atoms with van der Waals surface area (Å²) in [7, 11) is 4.59. The number of hydrogen-bond donors (Lipinski definition) is 6. The number of carbonyl (C=O) groups excluding carboxylic acids is 6. The van der Waals surface area contributed by atoms with Crippen molar-refractivity contribution < 1.29 is 90.8 Å². The van der Waals surface area contributed by atoms with E-state index in [1.807, 2.05) is 100 Å². The number of aryl methyl sites for hydroxylation is 1. The fraction of sp³-hybridized carbons (Fsp3) is 0.600. The maximum Gasteiger partial charge on any atom is 0.329 e. The van der Waals surface area contributed by atoms with Crippen LogP contribution in [0.5, 0.6) is 0 Å². The SMILES string of the molecule is CO[C@H]1C[C@@H]2CC[C@@H](C)[C@@](O)(O2)C(=O)C(=O)N2CCCC[C@H]2C(=O)O[C@H]([C@H](N)C[C@@H]2CC[C@@H](OCc3cccc(-c4cnc(N5CCN(Cc6cn(CCOCCOCCOCCOCCC(=O)NCCCCn7nc(-c8ccc9oc(N)nc9c8)c8c(N)ncnc87)nn6)CC5)nc4)c3)[C@H](OC)C2)CC(=O)[C@H](C)/C=C(\C)[C@@H](O)[C@@H](OC)C(=O)[C@H](C)C[C@H](C)/C=C/C=CC=C1C. The quantitative estimate of drug-likeness (QED) is 0.00950. The summed E-state index contributed by atoms with van der Waals surface area (Å²) in [5, 5.41) is 41.1. The van der Waals surface area contributed by atoms with Crippen LogP contribution in [-0.4, -0.2) is 279 Å². The first-order valence-corrected chi connectivity index (χ1v) is 46.1. The molecule has 7 aromatic rings. The summed E-state index contributed by atoms with van der Waals surface area (Å²) < 4.78 is 68.7. The second-order valence-electron chi connectivity index (χ2n) is 35.3. The van der Waals surface area contributed by atoms with Crippen LogP contribution < -0.4 is 27.4 Å². The number of nitrogens with one attached hydrogen (secondary N) is 1. The molecule has 9 heterocycles. The molecule has 15 atom stereocenters. The van der Waals surface area contributed by atoms with Crippen LogP contribution in [0.3, 0.4) is 0 Å². The largest absolute Gasteiger partial charge is 0.459 e. The van der Waals surface area contributed by atoms with Crippen molar-refractivity contribution in [3.8, 4) is 22.4 Å². The van der Waals surface area contributed by atoms with Gasteiger partial charge in [0.25, 0.3) is 17.7 Å². The van der Waals surface area contributed by atoms with Gasteiger partial charge in [0.1, 0.15) is 53.5 Å². The number of aliphatic hydroxyl groups excluding tert-OH is 1. The van der Waals surface area contributed by atoms with Gasteiger partial charge in [0, 0.05) is 146 Å². The van der Waals surface area contributed by atoms with E-state index in [-0.39, 0.29) is 86.4 Å². The van der Waals surface area contributed by atoms with Crippen LogP contribution in [0, 0.1) is 29.6 Å². The van der Waals surface area contributed by atoms with Crippen molar-refractivity contribution in [3.63, 3.8) is 0 Å². The molecule has 0 radical (unpaired) electrons. The Kier molecular flexibility index (Phi) is 37.4.